The zero-order valence-corrected chi connectivity index (χ0v) is 13.0. The van der Waals surface area contributed by atoms with Gasteiger partial charge in [0.25, 0.3) is 0 Å². The zero-order chi connectivity index (χ0) is 15.0. The van der Waals surface area contributed by atoms with Crippen molar-refractivity contribution in [3.8, 4) is 17.6 Å². The largest absolute Gasteiger partial charge is 0.479 e. The minimum Gasteiger partial charge on any atom is -0.479 e. The number of rotatable bonds is 5. The number of carbonyl (C=O) groups is 1. The highest BCUT2D eigenvalue weighted by molar-refractivity contribution is 6.32. The number of para-hydroxylation sites is 1. The third kappa shape index (κ3) is 5.32. The summed E-state index contributed by atoms with van der Waals surface area (Å²) in [6.07, 6.45) is 0. The first-order valence-electron chi connectivity index (χ1n) is 6.14. The van der Waals surface area contributed by atoms with Crippen LogP contribution in [0.25, 0.3) is 0 Å². The van der Waals surface area contributed by atoms with Crippen molar-refractivity contribution in [3.63, 3.8) is 0 Å². The number of carbonyl (C=O) groups excluding carboxylic acids is 1. The summed E-state index contributed by atoms with van der Waals surface area (Å²) < 4.78 is 5.39. The van der Waals surface area contributed by atoms with Crippen molar-refractivity contribution in [1.82, 2.24) is 5.32 Å². The average molecular weight is 314 g/mol. The van der Waals surface area contributed by atoms with E-state index < -0.39 is 5.41 Å². The van der Waals surface area contributed by atoms with Crippen LogP contribution in [0, 0.1) is 17.3 Å². The molecule has 0 unspecified atom stereocenters. The lowest BCUT2D eigenvalue weighted by atomic mass is 9.95. The van der Waals surface area contributed by atoms with Gasteiger partial charge in [0.15, 0.2) is 0 Å². The Labute approximate surface area is 129 Å². The maximum absolute atomic E-state index is 11.7. The van der Waals surface area contributed by atoms with Crippen LogP contribution in [0.2, 0.25) is 5.02 Å². The third-order valence-electron chi connectivity index (χ3n) is 2.55. The summed E-state index contributed by atoms with van der Waals surface area (Å²) >= 11 is 11.6. The molecule has 5 heteroatoms. The summed E-state index contributed by atoms with van der Waals surface area (Å²) in [4.78, 5) is 11.7. The van der Waals surface area contributed by atoms with Gasteiger partial charge in [0, 0.05) is 5.88 Å². The Morgan fingerprint density at radius 1 is 1.35 bits per heavy atom. The van der Waals surface area contributed by atoms with E-state index in [2.05, 4.69) is 17.2 Å². The topological polar surface area (TPSA) is 38.3 Å². The Kier molecular flexibility index (Phi) is 6.70. The average Bonchev–Trinajstić information content (AvgIpc) is 2.44. The van der Waals surface area contributed by atoms with Gasteiger partial charge in [0.05, 0.1) is 17.0 Å². The van der Waals surface area contributed by atoms with E-state index in [0.29, 0.717) is 10.8 Å². The van der Waals surface area contributed by atoms with Crippen LogP contribution in [0.15, 0.2) is 24.3 Å². The number of halogens is 2. The van der Waals surface area contributed by atoms with Gasteiger partial charge >= 0.3 is 0 Å². The second kappa shape index (κ2) is 8.04. The van der Waals surface area contributed by atoms with Crippen molar-refractivity contribution in [1.29, 1.82) is 0 Å². The van der Waals surface area contributed by atoms with E-state index in [-0.39, 0.29) is 24.9 Å². The number of amides is 1. The monoisotopic (exact) mass is 313 g/mol. The minimum atomic E-state index is -0.586. The van der Waals surface area contributed by atoms with E-state index in [1.54, 1.807) is 26.0 Å². The number of alkyl halides is 1. The molecule has 1 N–H and O–H groups in total. The Bertz CT molecular complexity index is 518. The number of nitrogens with one attached hydrogen (secondary N) is 1. The van der Waals surface area contributed by atoms with Crippen LogP contribution in [-0.4, -0.2) is 24.9 Å². The van der Waals surface area contributed by atoms with Crippen LogP contribution < -0.4 is 10.1 Å². The molecule has 108 valence electrons. The lowest BCUT2D eigenvalue weighted by Crippen LogP contribution is -2.38. The van der Waals surface area contributed by atoms with Crippen LogP contribution in [0.5, 0.6) is 5.75 Å². The molecular formula is C15H17Cl2NO2. The van der Waals surface area contributed by atoms with Gasteiger partial charge in [0.2, 0.25) is 5.91 Å². The highest BCUT2D eigenvalue weighted by atomic mass is 35.5. The highest BCUT2D eigenvalue weighted by Crippen LogP contribution is 2.22. The Hall–Kier alpha value is -1.37. The van der Waals surface area contributed by atoms with Gasteiger partial charge in [0.1, 0.15) is 12.4 Å². The normalized spacial score (nSPS) is 10.4. The van der Waals surface area contributed by atoms with Crippen molar-refractivity contribution in [2.24, 2.45) is 5.41 Å². The van der Waals surface area contributed by atoms with Crippen LogP contribution in [0.1, 0.15) is 13.8 Å². The molecule has 1 aromatic carbocycles. The number of hydrogen-bond donors (Lipinski definition) is 1. The fourth-order valence-electron chi connectivity index (χ4n) is 1.21. The fourth-order valence-corrected chi connectivity index (χ4v) is 1.53. The lowest BCUT2D eigenvalue weighted by Gasteiger charge is -2.19. The predicted octanol–water partition coefficient (Wildman–Crippen LogP) is 3.10. The number of hydrogen-bond acceptors (Lipinski definition) is 2. The molecule has 0 spiro atoms. The minimum absolute atomic E-state index is 0.117. The summed E-state index contributed by atoms with van der Waals surface area (Å²) in [7, 11) is 0. The second-order valence-corrected chi connectivity index (χ2v) is 5.45. The van der Waals surface area contributed by atoms with E-state index in [1.165, 1.54) is 0 Å². The third-order valence-corrected chi connectivity index (χ3v) is 3.53. The molecular weight excluding hydrogens is 297 g/mol. The first kappa shape index (κ1) is 16.7. The fraction of sp³-hybridized carbons (Fsp3) is 0.400. The molecule has 0 aromatic heterocycles. The van der Waals surface area contributed by atoms with Crippen LogP contribution in [0.4, 0.5) is 0 Å². The molecule has 0 aliphatic heterocycles. The van der Waals surface area contributed by atoms with Gasteiger partial charge in [-0.05, 0) is 26.0 Å². The molecule has 0 fully saturated rings. The molecule has 0 atom stereocenters. The molecule has 1 aromatic rings. The quantitative estimate of drug-likeness (QED) is 0.670. The Morgan fingerprint density at radius 2 is 2.05 bits per heavy atom. The first-order valence-corrected chi connectivity index (χ1v) is 7.06. The maximum atomic E-state index is 11.7. The summed E-state index contributed by atoms with van der Waals surface area (Å²) in [5.74, 6) is 6.36. The Balaban J connectivity index is 2.31. The molecule has 0 saturated heterocycles. The second-order valence-electron chi connectivity index (χ2n) is 4.77. The molecule has 0 radical (unpaired) electrons. The van der Waals surface area contributed by atoms with Crippen molar-refractivity contribution in [3.05, 3.63) is 29.3 Å². The van der Waals surface area contributed by atoms with Crippen molar-refractivity contribution in [2.75, 3.05) is 19.0 Å². The predicted molar refractivity (Wildman–Crippen MR) is 82.2 cm³/mol. The molecule has 0 heterocycles. The SMILES string of the molecule is CC(C)(CCl)C(=O)NCC#CCOc1ccccc1Cl. The molecule has 1 amide bonds. The van der Waals surface area contributed by atoms with E-state index in [0.717, 1.165) is 0 Å². The Morgan fingerprint density at radius 3 is 2.70 bits per heavy atom. The standard InChI is InChI=1S/C15H17Cl2NO2/c1-15(2,11-16)14(19)18-9-5-6-10-20-13-8-4-3-7-12(13)17/h3-4,7-8H,9-11H2,1-2H3,(H,18,19). The smallest absolute Gasteiger partial charge is 0.227 e. The molecule has 0 aliphatic rings. The van der Waals surface area contributed by atoms with Gasteiger partial charge in [-0.3, -0.25) is 4.79 Å². The summed E-state index contributed by atoms with van der Waals surface area (Å²) in [5, 5.41) is 3.25. The summed E-state index contributed by atoms with van der Waals surface area (Å²) in [6, 6.07) is 7.19. The highest BCUT2D eigenvalue weighted by Gasteiger charge is 2.25. The van der Waals surface area contributed by atoms with Gasteiger partial charge in [-0.2, -0.15) is 0 Å². The molecule has 0 aliphatic carbocycles. The molecule has 0 saturated carbocycles. The van der Waals surface area contributed by atoms with Crippen molar-refractivity contribution < 1.29 is 9.53 Å². The van der Waals surface area contributed by atoms with Crippen molar-refractivity contribution in [2.45, 2.75) is 13.8 Å². The number of ether oxygens (including phenoxy) is 1. The summed E-state index contributed by atoms with van der Waals surface area (Å²) in [5.41, 5.74) is -0.586. The molecule has 20 heavy (non-hydrogen) atoms. The van der Waals surface area contributed by atoms with Gasteiger partial charge in [-0.25, -0.2) is 0 Å². The van der Waals surface area contributed by atoms with E-state index >= 15 is 0 Å². The maximum Gasteiger partial charge on any atom is 0.227 e. The van der Waals surface area contributed by atoms with Crippen LogP contribution in [0.3, 0.4) is 0 Å². The zero-order valence-electron chi connectivity index (χ0n) is 11.5. The number of benzene rings is 1. The summed E-state index contributed by atoms with van der Waals surface area (Å²) in [6.45, 7) is 4.05. The molecule has 0 bridgehead atoms. The van der Waals surface area contributed by atoms with Gasteiger partial charge in [-0.1, -0.05) is 35.6 Å². The van der Waals surface area contributed by atoms with E-state index in [1.807, 2.05) is 12.1 Å². The first-order chi connectivity index (χ1) is 9.47. The van der Waals surface area contributed by atoms with Gasteiger partial charge < -0.3 is 10.1 Å². The molecule has 3 nitrogen and oxygen atoms in total. The van der Waals surface area contributed by atoms with Crippen LogP contribution in [-0.2, 0) is 4.79 Å². The van der Waals surface area contributed by atoms with Crippen molar-refractivity contribution >= 4 is 29.1 Å². The van der Waals surface area contributed by atoms with Crippen LogP contribution >= 0.6 is 23.2 Å². The van der Waals surface area contributed by atoms with E-state index in [9.17, 15) is 4.79 Å². The van der Waals surface area contributed by atoms with Gasteiger partial charge in [-0.15, -0.1) is 11.6 Å². The van der Waals surface area contributed by atoms with E-state index in [4.69, 9.17) is 27.9 Å². The lowest BCUT2D eigenvalue weighted by molar-refractivity contribution is -0.128. The molecule has 1 rings (SSSR count).